The highest BCUT2D eigenvalue weighted by molar-refractivity contribution is 9.09. The van der Waals surface area contributed by atoms with Gasteiger partial charge < -0.3 is 9.05 Å². The number of nitrogens with zero attached hydrogens (tertiary/aromatic N) is 1. The molecule has 1 rings (SSSR count). The molecule has 5 nitrogen and oxygen atoms in total. The van der Waals surface area contributed by atoms with Crippen molar-refractivity contribution < 1.29 is 18.5 Å². The summed E-state index contributed by atoms with van der Waals surface area (Å²) >= 11 is 3.35. The monoisotopic (exact) mass is 315 g/mol. The lowest BCUT2D eigenvalue weighted by atomic mass is 10.3. The van der Waals surface area contributed by atoms with Gasteiger partial charge in [0.1, 0.15) is 5.78 Å². The third-order valence-corrected chi connectivity index (χ3v) is 5.59. The standard InChI is InChI=1S/C9H19BrNO4P/c1-4-13-16(12,14-5-2)9-6-8(7-10)15-11(9)3/h8-9H,4-7H2,1-3H3/t8-,9-/m0/s1. The molecule has 0 amide bonds. The van der Waals surface area contributed by atoms with Crippen LogP contribution in [0.15, 0.2) is 0 Å². The highest BCUT2D eigenvalue weighted by Crippen LogP contribution is 2.57. The van der Waals surface area contributed by atoms with Crippen LogP contribution >= 0.6 is 23.5 Å². The van der Waals surface area contributed by atoms with Gasteiger partial charge >= 0.3 is 7.60 Å². The van der Waals surface area contributed by atoms with Gasteiger partial charge in [0.2, 0.25) is 0 Å². The van der Waals surface area contributed by atoms with E-state index in [1.807, 2.05) is 13.8 Å². The molecule has 1 fully saturated rings. The second-order valence-electron chi connectivity index (χ2n) is 3.52. The maximum absolute atomic E-state index is 12.5. The second kappa shape index (κ2) is 6.47. The molecular weight excluding hydrogens is 297 g/mol. The number of hydroxylamine groups is 2. The molecule has 1 aliphatic rings. The van der Waals surface area contributed by atoms with Crippen LogP contribution < -0.4 is 0 Å². The van der Waals surface area contributed by atoms with Crippen molar-refractivity contribution in [3.63, 3.8) is 0 Å². The first-order valence-corrected chi connectivity index (χ1v) is 8.15. The van der Waals surface area contributed by atoms with Crippen LogP contribution in [0.2, 0.25) is 0 Å². The van der Waals surface area contributed by atoms with Crippen molar-refractivity contribution in [2.45, 2.75) is 32.2 Å². The van der Waals surface area contributed by atoms with E-state index in [9.17, 15) is 4.57 Å². The van der Waals surface area contributed by atoms with Gasteiger partial charge in [-0.3, -0.25) is 9.40 Å². The number of rotatable bonds is 6. The maximum Gasteiger partial charge on any atom is 0.350 e. The summed E-state index contributed by atoms with van der Waals surface area (Å²) < 4.78 is 23.1. The van der Waals surface area contributed by atoms with E-state index in [0.29, 0.717) is 25.0 Å². The smallest absolute Gasteiger partial charge is 0.308 e. The summed E-state index contributed by atoms with van der Waals surface area (Å²) in [6.45, 7) is 4.37. The van der Waals surface area contributed by atoms with Gasteiger partial charge in [0.15, 0.2) is 0 Å². The third kappa shape index (κ3) is 3.28. The Morgan fingerprint density at radius 3 is 2.38 bits per heavy atom. The van der Waals surface area contributed by atoms with Gasteiger partial charge in [0, 0.05) is 18.8 Å². The van der Waals surface area contributed by atoms with E-state index >= 15 is 0 Å². The zero-order valence-electron chi connectivity index (χ0n) is 9.89. The summed E-state index contributed by atoms with van der Waals surface area (Å²) in [4.78, 5) is 5.52. The van der Waals surface area contributed by atoms with Crippen molar-refractivity contribution >= 4 is 23.5 Å². The molecule has 0 bridgehead atoms. The van der Waals surface area contributed by atoms with Crippen molar-refractivity contribution in [2.75, 3.05) is 25.6 Å². The second-order valence-corrected chi connectivity index (χ2v) is 6.36. The molecule has 0 aromatic heterocycles. The van der Waals surface area contributed by atoms with Crippen LogP contribution in [0, 0.1) is 0 Å². The lowest BCUT2D eigenvalue weighted by Gasteiger charge is -2.25. The number of hydrogen-bond acceptors (Lipinski definition) is 5. The molecule has 0 radical (unpaired) electrons. The SMILES string of the molecule is CCOP(=O)(OCC)[C@H]1C[C@@H](CBr)ON1C. The number of alkyl halides is 1. The summed E-state index contributed by atoms with van der Waals surface area (Å²) in [5, 5.41) is 2.31. The Bertz CT molecular complexity index is 256. The van der Waals surface area contributed by atoms with Crippen LogP contribution in [-0.4, -0.2) is 42.5 Å². The van der Waals surface area contributed by atoms with E-state index in [4.69, 9.17) is 13.9 Å². The summed E-state index contributed by atoms with van der Waals surface area (Å²) in [5.74, 6) is -0.310. The topological polar surface area (TPSA) is 48.0 Å². The number of hydrogen-bond donors (Lipinski definition) is 0. The molecule has 0 aromatic rings. The zero-order valence-corrected chi connectivity index (χ0v) is 12.4. The van der Waals surface area contributed by atoms with Crippen molar-refractivity contribution in [2.24, 2.45) is 0 Å². The molecule has 1 aliphatic heterocycles. The average molecular weight is 316 g/mol. The van der Waals surface area contributed by atoms with E-state index in [2.05, 4.69) is 15.9 Å². The third-order valence-electron chi connectivity index (χ3n) is 2.36. The molecule has 0 unspecified atom stereocenters. The lowest BCUT2D eigenvalue weighted by molar-refractivity contribution is -0.127. The van der Waals surface area contributed by atoms with E-state index in [1.165, 1.54) is 0 Å². The molecule has 2 atom stereocenters. The highest BCUT2D eigenvalue weighted by Gasteiger charge is 2.45. The quantitative estimate of drug-likeness (QED) is 0.557. The Kier molecular flexibility index (Phi) is 5.91. The summed E-state index contributed by atoms with van der Waals surface area (Å²) in [6.07, 6.45) is 0.684. The van der Waals surface area contributed by atoms with Crippen LogP contribution in [-0.2, 0) is 18.5 Å². The molecular formula is C9H19BrNO4P. The Labute approximate surface area is 105 Å². The van der Waals surface area contributed by atoms with Crippen molar-refractivity contribution in [3.8, 4) is 0 Å². The predicted molar refractivity (Wildman–Crippen MR) is 65.7 cm³/mol. The lowest BCUT2D eigenvalue weighted by Crippen LogP contribution is -2.25. The molecule has 0 aliphatic carbocycles. The summed E-state index contributed by atoms with van der Waals surface area (Å²) in [7, 11) is -1.33. The normalized spacial score (nSPS) is 27.5. The number of halogens is 1. The molecule has 0 aromatic carbocycles. The van der Waals surface area contributed by atoms with Crippen LogP contribution in [0.5, 0.6) is 0 Å². The van der Waals surface area contributed by atoms with E-state index in [-0.39, 0.29) is 11.9 Å². The van der Waals surface area contributed by atoms with Crippen molar-refractivity contribution in [1.82, 2.24) is 5.06 Å². The van der Waals surface area contributed by atoms with Gasteiger partial charge in [0.05, 0.1) is 19.3 Å². The van der Waals surface area contributed by atoms with E-state index < -0.39 is 7.60 Å². The predicted octanol–water partition coefficient (Wildman–Crippen LogP) is 2.61. The molecule has 1 saturated heterocycles. The fourth-order valence-corrected chi connectivity index (χ4v) is 4.19. The molecule has 96 valence electrons. The largest absolute Gasteiger partial charge is 0.350 e. The first-order chi connectivity index (χ1) is 7.57. The van der Waals surface area contributed by atoms with Gasteiger partial charge in [-0.05, 0) is 13.8 Å². The minimum Gasteiger partial charge on any atom is -0.308 e. The van der Waals surface area contributed by atoms with Crippen molar-refractivity contribution in [1.29, 1.82) is 0 Å². The first kappa shape index (κ1) is 14.6. The molecule has 16 heavy (non-hydrogen) atoms. The Morgan fingerprint density at radius 1 is 1.44 bits per heavy atom. The molecule has 0 spiro atoms. The van der Waals surface area contributed by atoms with Gasteiger partial charge in [-0.25, -0.2) is 0 Å². The van der Waals surface area contributed by atoms with Crippen LogP contribution in [0.25, 0.3) is 0 Å². The minimum atomic E-state index is -3.09. The summed E-state index contributed by atoms with van der Waals surface area (Å²) in [5.41, 5.74) is 0. The zero-order chi connectivity index (χ0) is 12.2. The van der Waals surface area contributed by atoms with Gasteiger partial charge in [-0.15, -0.1) is 0 Å². The average Bonchev–Trinajstić information content (AvgIpc) is 2.61. The Hall–Kier alpha value is 0.550. The molecule has 7 heteroatoms. The fraction of sp³-hybridized carbons (Fsp3) is 1.00. The highest BCUT2D eigenvalue weighted by atomic mass is 79.9. The molecule has 1 heterocycles. The first-order valence-electron chi connectivity index (χ1n) is 5.41. The Balaban J connectivity index is 2.75. The molecule has 0 saturated carbocycles. The van der Waals surface area contributed by atoms with Gasteiger partial charge in [-0.1, -0.05) is 15.9 Å². The van der Waals surface area contributed by atoms with Gasteiger partial charge in [0.25, 0.3) is 0 Å². The van der Waals surface area contributed by atoms with Crippen LogP contribution in [0.4, 0.5) is 0 Å². The van der Waals surface area contributed by atoms with Crippen LogP contribution in [0.1, 0.15) is 20.3 Å². The maximum atomic E-state index is 12.5. The van der Waals surface area contributed by atoms with Crippen molar-refractivity contribution in [3.05, 3.63) is 0 Å². The summed E-state index contributed by atoms with van der Waals surface area (Å²) in [6, 6.07) is 0. The minimum absolute atomic E-state index is 0.0317. The fourth-order valence-electron chi connectivity index (χ4n) is 1.72. The van der Waals surface area contributed by atoms with E-state index in [1.54, 1.807) is 12.1 Å². The van der Waals surface area contributed by atoms with E-state index in [0.717, 1.165) is 0 Å². The van der Waals surface area contributed by atoms with Gasteiger partial charge in [-0.2, -0.15) is 5.06 Å². The van der Waals surface area contributed by atoms with Crippen LogP contribution in [0.3, 0.4) is 0 Å². The Morgan fingerprint density at radius 2 is 2.00 bits per heavy atom. The molecule has 0 N–H and O–H groups in total.